The number of carbonyl (C=O) groups excluding carboxylic acids is 2. The van der Waals surface area contributed by atoms with Gasteiger partial charge in [0.05, 0.1) is 22.2 Å². The van der Waals surface area contributed by atoms with Crippen molar-refractivity contribution >= 4 is 27.9 Å². The van der Waals surface area contributed by atoms with Crippen LogP contribution >= 0.6 is 15.9 Å². The van der Waals surface area contributed by atoms with Crippen LogP contribution in [0.15, 0.2) is 46.9 Å². The van der Waals surface area contributed by atoms with Gasteiger partial charge in [0.15, 0.2) is 0 Å². The molecule has 0 spiro atoms. The Labute approximate surface area is 137 Å². The van der Waals surface area contributed by atoms with Gasteiger partial charge >= 0.3 is 11.9 Å². The summed E-state index contributed by atoms with van der Waals surface area (Å²) in [6.45, 7) is 3.89. The van der Waals surface area contributed by atoms with Crippen LogP contribution in [0.5, 0.6) is 5.75 Å². The monoisotopic (exact) mass is 362 g/mol. The van der Waals surface area contributed by atoms with Crippen LogP contribution < -0.4 is 4.74 Å². The van der Waals surface area contributed by atoms with Crippen molar-refractivity contribution in [2.75, 3.05) is 6.61 Å². The summed E-state index contributed by atoms with van der Waals surface area (Å²) in [5, 5.41) is 0. The minimum atomic E-state index is -0.442. The van der Waals surface area contributed by atoms with Gasteiger partial charge in [0, 0.05) is 0 Å². The van der Waals surface area contributed by atoms with E-state index in [4.69, 9.17) is 9.47 Å². The van der Waals surface area contributed by atoms with E-state index >= 15 is 0 Å². The van der Waals surface area contributed by atoms with Crippen molar-refractivity contribution in [3.05, 3.63) is 63.6 Å². The first-order valence-corrected chi connectivity index (χ1v) is 7.56. The predicted molar refractivity (Wildman–Crippen MR) is 86.2 cm³/mol. The number of benzene rings is 2. The lowest BCUT2D eigenvalue weighted by Crippen LogP contribution is -2.11. The maximum absolute atomic E-state index is 12.2. The first kappa shape index (κ1) is 16.2. The topological polar surface area (TPSA) is 52.6 Å². The molecule has 4 nitrogen and oxygen atoms in total. The molecule has 2 aromatic carbocycles. The van der Waals surface area contributed by atoms with Crippen molar-refractivity contribution in [2.24, 2.45) is 0 Å². The molecule has 2 aromatic rings. The van der Waals surface area contributed by atoms with Crippen LogP contribution in [0, 0.1) is 6.92 Å². The molecule has 0 saturated heterocycles. The van der Waals surface area contributed by atoms with Gasteiger partial charge in [-0.25, -0.2) is 9.59 Å². The molecule has 0 unspecified atom stereocenters. The third-order valence-corrected chi connectivity index (χ3v) is 3.63. The normalized spacial score (nSPS) is 10.1. The molecule has 0 atom stereocenters. The molecule has 114 valence electrons. The van der Waals surface area contributed by atoms with Gasteiger partial charge in [0.25, 0.3) is 0 Å². The predicted octanol–water partition coefficient (Wildman–Crippen LogP) is 4.15. The van der Waals surface area contributed by atoms with E-state index < -0.39 is 11.9 Å². The number of hydrogen-bond acceptors (Lipinski definition) is 4. The molecule has 0 heterocycles. The van der Waals surface area contributed by atoms with Crippen LogP contribution in [0.4, 0.5) is 0 Å². The minimum Gasteiger partial charge on any atom is -0.462 e. The van der Waals surface area contributed by atoms with E-state index in [-0.39, 0.29) is 0 Å². The fourth-order valence-electron chi connectivity index (χ4n) is 1.88. The smallest absolute Gasteiger partial charge is 0.343 e. The largest absolute Gasteiger partial charge is 0.462 e. The standard InChI is InChI=1S/C17H15BrO4/c1-3-21-16(19)12-8-9-15(14(18)10-12)22-17(20)13-7-5-4-6-11(13)2/h4-10H,3H2,1-2H3. The Hall–Kier alpha value is -2.14. The Bertz CT molecular complexity index is 710. The van der Waals surface area contributed by atoms with Gasteiger partial charge < -0.3 is 9.47 Å². The molecule has 0 radical (unpaired) electrons. The maximum Gasteiger partial charge on any atom is 0.343 e. The third kappa shape index (κ3) is 3.74. The lowest BCUT2D eigenvalue weighted by atomic mass is 10.1. The highest BCUT2D eigenvalue weighted by molar-refractivity contribution is 9.10. The highest BCUT2D eigenvalue weighted by Crippen LogP contribution is 2.27. The zero-order valence-electron chi connectivity index (χ0n) is 12.3. The molecule has 0 amide bonds. The van der Waals surface area contributed by atoms with Crippen LogP contribution in [-0.4, -0.2) is 18.5 Å². The molecule has 0 N–H and O–H groups in total. The molecular weight excluding hydrogens is 348 g/mol. The molecule has 0 fully saturated rings. The molecule has 0 aliphatic rings. The average Bonchev–Trinajstić information content (AvgIpc) is 2.49. The Morgan fingerprint density at radius 2 is 1.82 bits per heavy atom. The van der Waals surface area contributed by atoms with Gasteiger partial charge in [0.2, 0.25) is 0 Å². The number of ether oxygens (including phenoxy) is 2. The summed E-state index contributed by atoms with van der Waals surface area (Å²) in [5.41, 5.74) is 1.74. The Morgan fingerprint density at radius 3 is 2.45 bits per heavy atom. The molecule has 0 aromatic heterocycles. The summed E-state index contributed by atoms with van der Waals surface area (Å²) in [5.74, 6) is -0.510. The van der Waals surface area contributed by atoms with Crippen LogP contribution in [0.1, 0.15) is 33.2 Å². The van der Waals surface area contributed by atoms with E-state index in [2.05, 4.69) is 15.9 Å². The van der Waals surface area contributed by atoms with Crippen molar-refractivity contribution in [2.45, 2.75) is 13.8 Å². The van der Waals surface area contributed by atoms with Crippen molar-refractivity contribution < 1.29 is 19.1 Å². The molecule has 0 aliphatic carbocycles. The third-order valence-electron chi connectivity index (χ3n) is 3.01. The van der Waals surface area contributed by atoms with Gasteiger partial charge in [-0.3, -0.25) is 0 Å². The van der Waals surface area contributed by atoms with Gasteiger partial charge in [-0.2, -0.15) is 0 Å². The summed E-state index contributed by atoms with van der Waals surface area (Å²) in [6, 6.07) is 11.9. The number of halogens is 1. The van der Waals surface area contributed by atoms with Gasteiger partial charge in [-0.1, -0.05) is 18.2 Å². The fraction of sp³-hybridized carbons (Fsp3) is 0.176. The molecular formula is C17H15BrO4. The molecule has 2 rings (SSSR count). The highest BCUT2D eigenvalue weighted by Gasteiger charge is 2.15. The summed E-state index contributed by atoms with van der Waals surface area (Å²) >= 11 is 3.30. The van der Waals surface area contributed by atoms with E-state index in [0.717, 1.165) is 5.56 Å². The Morgan fingerprint density at radius 1 is 1.09 bits per heavy atom. The van der Waals surface area contributed by atoms with Crippen LogP contribution in [-0.2, 0) is 4.74 Å². The second-order valence-electron chi connectivity index (χ2n) is 4.57. The summed E-state index contributed by atoms with van der Waals surface area (Å²) < 4.78 is 10.8. The Balaban J connectivity index is 2.19. The SMILES string of the molecule is CCOC(=O)c1ccc(OC(=O)c2ccccc2C)c(Br)c1. The first-order chi connectivity index (χ1) is 10.5. The number of rotatable bonds is 4. The maximum atomic E-state index is 12.2. The van der Waals surface area contributed by atoms with E-state index in [1.54, 1.807) is 37.3 Å². The summed E-state index contributed by atoms with van der Waals surface area (Å²) in [4.78, 5) is 23.8. The minimum absolute atomic E-state index is 0.306. The molecule has 0 saturated carbocycles. The number of esters is 2. The highest BCUT2D eigenvalue weighted by atomic mass is 79.9. The second-order valence-corrected chi connectivity index (χ2v) is 5.42. The summed E-state index contributed by atoms with van der Waals surface area (Å²) in [7, 11) is 0. The zero-order chi connectivity index (χ0) is 16.1. The quantitative estimate of drug-likeness (QED) is 0.605. The number of aryl methyl sites for hydroxylation is 1. The van der Waals surface area contributed by atoms with Crippen LogP contribution in [0.3, 0.4) is 0 Å². The van der Waals surface area contributed by atoms with Gasteiger partial charge in [-0.15, -0.1) is 0 Å². The van der Waals surface area contributed by atoms with E-state index in [1.807, 2.05) is 19.1 Å². The van der Waals surface area contributed by atoms with Gasteiger partial charge in [-0.05, 0) is 59.6 Å². The number of hydrogen-bond donors (Lipinski definition) is 0. The van der Waals surface area contributed by atoms with Crippen molar-refractivity contribution in [3.63, 3.8) is 0 Å². The molecule has 5 heteroatoms. The van der Waals surface area contributed by atoms with Crippen LogP contribution in [0.25, 0.3) is 0 Å². The van der Waals surface area contributed by atoms with Crippen molar-refractivity contribution in [1.29, 1.82) is 0 Å². The van der Waals surface area contributed by atoms with E-state index in [1.165, 1.54) is 0 Å². The molecule has 22 heavy (non-hydrogen) atoms. The molecule has 0 bridgehead atoms. The lowest BCUT2D eigenvalue weighted by Gasteiger charge is -2.09. The van der Waals surface area contributed by atoms with Crippen molar-refractivity contribution in [1.82, 2.24) is 0 Å². The van der Waals surface area contributed by atoms with Crippen molar-refractivity contribution in [3.8, 4) is 5.75 Å². The second kappa shape index (κ2) is 7.22. The number of carbonyl (C=O) groups is 2. The van der Waals surface area contributed by atoms with E-state index in [9.17, 15) is 9.59 Å². The zero-order valence-corrected chi connectivity index (χ0v) is 13.8. The van der Waals surface area contributed by atoms with Crippen LogP contribution in [0.2, 0.25) is 0 Å². The van der Waals surface area contributed by atoms with E-state index in [0.29, 0.717) is 28.0 Å². The molecule has 0 aliphatic heterocycles. The van der Waals surface area contributed by atoms with Gasteiger partial charge in [0.1, 0.15) is 5.75 Å². The summed E-state index contributed by atoms with van der Waals surface area (Å²) in [6.07, 6.45) is 0. The lowest BCUT2D eigenvalue weighted by molar-refractivity contribution is 0.0526. The average molecular weight is 363 g/mol. The fourth-order valence-corrected chi connectivity index (χ4v) is 2.34. The Kier molecular flexibility index (Phi) is 5.33. The first-order valence-electron chi connectivity index (χ1n) is 6.77.